The zero-order chi connectivity index (χ0) is 14.5. The van der Waals surface area contributed by atoms with Crippen molar-refractivity contribution in [3.63, 3.8) is 0 Å². The van der Waals surface area contributed by atoms with E-state index in [9.17, 15) is 0 Å². The third-order valence-electron chi connectivity index (χ3n) is 5.43. The van der Waals surface area contributed by atoms with Crippen LogP contribution in [0.4, 0.5) is 0 Å². The second-order valence-corrected chi connectivity index (χ2v) is 8.44. The van der Waals surface area contributed by atoms with Gasteiger partial charge in [0.25, 0.3) is 0 Å². The molecule has 0 atom stereocenters. The van der Waals surface area contributed by atoms with E-state index in [-0.39, 0.29) is 6.15 Å². The van der Waals surface area contributed by atoms with E-state index in [1.165, 1.54) is 23.7 Å². The van der Waals surface area contributed by atoms with Gasteiger partial charge in [0.1, 0.15) is 0 Å². The van der Waals surface area contributed by atoms with Crippen LogP contribution in [0.1, 0.15) is 38.5 Å². The SMILES string of the molecule is C[N+](C)(C)C12CC3CC(CC(C3)C1)C2.N.O=S(=O)([O-])O. The van der Waals surface area contributed by atoms with Crippen molar-refractivity contribution in [3.8, 4) is 0 Å². The van der Waals surface area contributed by atoms with Gasteiger partial charge in [-0.05, 0) is 37.0 Å². The second kappa shape index (κ2) is 5.53. The highest BCUT2D eigenvalue weighted by Gasteiger charge is 2.57. The highest BCUT2D eigenvalue weighted by Crippen LogP contribution is 2.58. The fourth-order valence-electron chi connectivity index (χ4n) is 4.89. The molecular formula is C13H28N2O4S. The first-order valence-corrected chi connectivity index (χ1v) is 8.35. The Morgan fingerprint density at radius 3 is 1.45 bits per heavy atom. The molecule has 4 fully saturated rings. The largest absolute Gasteiger partial charge is 0.726 e. The monoisotopic (exact) mass is 308 g/mol. The van der Waals surface area contributed by atoms with Crippen molar-refractivity contribution in [1.82, 2.24) is 6.15 Å². The molecule has 0 saturated heterocycles. The predicted molar refractivity (Wildman–Crippen MR) is 76.3 cm³/mol. The van der Waals surface area contributed by atoms with Gasteiger partial charge in [0.05, 0.1) is 26.7 Å². The van der Waals surface area contributed by atoms with Gasteiger partial charge in [-0.15, -0.1) is 0 Å². The molecule has 0 aromatic heterocycles. The van der Waals surface area contributed by atoms with E-state index in [1.807, 2.05) is 0 Å². The summed E-state index contributed by atoms with van der Waals surface area (Å²) < 4.78 is 34.1. The van der Waals surface area contributed by atoms with Gasteiger partial charge in [-0.2, -0.15) is 0 Å². The van der Waals surface area contributed by atoms with Gasteiger partial charge >= 0.3 is 0 Å². The molecule has 0 aliphatic heterocycles. The van der Waals surface area contributed by atoms with Crippen molar-refractivity contribution in [2.24, 2.45) is 17.8 Å². The van der Waals surface area contributed by atoms with Crippen LogP contribution in [0.5, 0.6) is 0 Å². The average molecular weight is 308 g/mol. The molecule has 4 saturated carbocycles. The topological polar surface area (TPSA) is 112 Å². The molecule has 0 aromatic carbocycles. The molecule has 4 rings (SSSR count). The van der Waals surface area contributed by atoms with Crippen LogP contribution in [-0.2, 0) is 10.4 Å². The molecule has 0 spiro atoms. The van der Waals surface area contributed by atoms with E-state index >= 15 is 0 Å². The first kappa shape index (κ1) is 17.8. The minimum absolute atomic E-state index is 0. The highest BCUT2D eigenvalue weighted by atomic mass is 32.3. The van der Waals surface area contributed by atoms with Crippen molar-refractivity contribution in [1.29, 1.82) is 0 Å². The molecule has 0 heterocycles. The van der Waals surface area contributed by atoms with Gasteiger partial charge in [-0.1, -0.05) is 0 Å². The van der Waals surface area contributed by atoms with Gasteiger partial charge in [0, 0.05) is 19.3 Å². The zero-order valence-electron chi connectivity index (χ0n) is 12.7. The second-order valence-electron chi connectivity index (χ2n) is 7.58. The molecule has 0 aromatic rings. The van der Waals surface area contributed by atoms with Crippen LogP contribution >= 0.6 is 0 Å². The molecule has 4 N–H and O–H groups in total. The number of quaternary nitrogens is 1. The lowest BCUT2D eigenvalue weighted by molar-refractivity contribution is -0.930. The standard InChI is InChI=1S/C13H24N.H3N.H2O4S/c1-14(2,3)13-7-10-4-11(8-13)6-12(5-10)9-13;;1-5(2,3)4/h10-12H,4-9H2,1-3H3;1H3;(H2,1,2,3,4)/q+1;;/p-1. The Morgan fingerprint density at radius 1 is 1.00 bits per heavy atom. The van der Waals surface area contributed by atoms with Gasteiger partial charge in [0.2, 0.25) is 10.4 Å². The highest BCUT2D eigenvalue weighted by molar-refractivity contribution is 7.79. The molecule has 4 bridgehead atoms. The van der Waals surface area contributed by atoms with Crippen molar-refractivity contribution < 1.29 is 22.0 Å². The summed E-state index contributed by atoms with van der Waals surface area (Å²) in [5.41, 5.74) is 0.675. The fourth-order valence-corrected chi connectivity index (χ4v) is 4.89. The minimum atomic E-state index is -4.92. The summed E-state index contributed by atoms with van der Waals surface area (Å²) in [6.45, 7) is 0. The summed E-state index contributed by atoms with van der Waals surface area (Å²) in [5.74, 6) is 3.29. The molecule has 4 aliphatic rings. The van der Waals surface area contributed by atoms with Crippen molar-refractivity contribution in [2.45, 2.75) is 44.1 Å². The number of hydrogen-bond donors (Lipinski definition) is 2. The zero-order valence-corrected chi connectivity index (χ0v) is 13.5. The maximum atomic E-state index is 8.63. The molecule has 0 unspecified atom stereocenters. The van der Waals surface area contributed by atoms with Gasteiger partial charge < -0.3 is 15.2 Å². The molecule has 6 nitrogen and oxygen atoms in total. The lowest BCUT2D eigenvalue weighted by atomic mass is 9.52. The van der Waals surface area contributed by atoms with Crippen molar-refractivity contribution in [3.05, 3.63) is 0 Å². The fraction of sp³-hybridized carbons (Fsp3) is 1.00. The Morgan fingerprint density at radius 2 is 1.25 bits per heavy atom. The van der Waals surface area contributed by atoms with Crippen LogP contribution in [0.25, 0.3) is 0 Å². The molecule has 20 heavy (non-hydrogen) atoms. The van der Waals surface area contributed by atoms with Gasteiger partial charge in [0.15, 0.2) is 0 Å². The Bertz CT molecular complexity index is 398. The molecular weight excluding hydrogens is 280 g/mol. The molecule has 7 heteroatoms. The van der Waals surface area contributed by atoms with Gasteiger partial charge in [-0.3, -0.25) is 4.55 Å². The Labute approximate surface area is 122 Å². The van der Waals surface area contributed by atoms with E-state index < -0.39 is 10.4 Å². The van der Waals surface area contributed by atoms with E-state index in [4.69, 9.17) is 17.5 Å². The lowest BCUT2D eigenvalue weighted by Gasteiger charge is -2.61. The van der Waals surface area contributed by atoms with E-state index in [2.05, 4.69) is 21.1 Å². The van der Waals surface area contributed by atoms with E-state index in [1.54, 1.807) is 19.3 Å². The summed E-state index contributed by atoms with van der Waals surface area (Å²) in [6, 6.07) is 0. The Balaban J connectivity index is 0.000000293. The Kier molecular flexibility index (Phi) is 4.93. The van der Waals surface area contributed by atoms with Crippen molar-refractivity contribution >= 4 is 10.4 Å². The predicted octanol–water partition coefficient (Wildman–Crippen LogP) is 1.83. The summed E-state index contributed by atoms with van der Waals surface area (Å²) >= 11 is 0. The molecule has 120 valence electrons. The van der Waals surface area contributed by atoms with E-state index in [0.717, 1.165) is 17.8 Å². The summed E-state index contributed by atoms with van der Waals surface area (Å²) in [5, 5.41) is 0. The Hall–Kier alpha value is -0.210. The van der Waals surface area contributed by atoms with Crippen LogP contribution in [0.15, 0.2) is 0 Å². The first-order valence-electron chi connectivity index (χ1n) is 6.98. The minimum Gasteiger partial charge on any atom is -0.726 e. The van der Waals surface area contributed by atoms with Crippen LogP contribution in [-0.4, -0.2) is 48.7 Å². The smallest absolute Gasteiger partial charge is 0.215 e. The van der Waals surface area contributed by atoms with Crippen LogP contribution in [0.3, 0.4) is 0 Å². The third-order valence-corrected chi connectivity index (χ3v) is 5.43. The summed E-state index contributed by atoms with van der Waals surface area (Å²) in [7, 11) is 2.35. The van der Waals surface area contributed by atoms with Crippen LogP contribution in [0.2, 0.25) is 0 Å². The third kappa shape index (κ3) is 3.92. The lowest BCUT2D eigenvalue weighted by Crippen LogP contribution is -2.65. The number of hydrogen-bond acceptors (Lipinski definition) is 4. The summed E-state index contributed by atoms with van der Waals surface area (Å²) in [4.78, 5) is 0. The van der Waals surface area contributed by atoms with Crippen LogP contribution in [0, 0.1) is 17.8 Å². The van der Waals surface area contributed by atoms with E-state index in [0.29, 0.717) is 5.54 Å². The number of rotatable bonds is 1. The average Bonchev–Trinajstić information content (AvgIpc) is 2.09. The first-order chi connectivity index (χ1) is 8.48. The van der Waals surface area contributed by atoms with Crippen molar-refractivity contribution in [2.75, 3.05) is 21.1 Å². The normalized spacial score (nSPS) is 38.8. The quantitative estimate of drug-likeness (QED) is 0.436. The van der Waals surface area contributed by atoms with Gasteiger partial charge in [-0.25, -0.2) is 8.42 Å². The van der Waals surface area contributed by atoms with Crippen LogP contribution < -0.4 is 6.15 Å². The number of nitrogens with zero attached hydrogens (tertiary/aromatic N) is 1. The molecule has 0 radical (unpaired) electrons. The molecule has 0 amide bonds. The maximum Gasteiger partial charge on any atom is 0.215 e. The summed E-state index contributed by atoms with van der Waals surface area (Å²) in [6.07, 6.45) is 9.30. The molecule has 4 aliphatic carbocycles. The maximum absolute atomic E-state index is 8.63.